The largest absolute Gasteiger partial charge is 0.330 e. The number of alkyl halides is 1. The summed E-state index contributed by atoms with van der Waals surface area (Å²) in [5.74, 6) is 0.571. The van der Waals surface area contributed by atoms with Crippen molar-refractivity contribution in [3.63, 3.8) is 0 Å². The van der Waals surface area contributed by atoms with Gasteiger partial charge in [0.1, 0.15) is 11.5 Å². The lowest BCUT2D eigenvalue weighted by atomic mass is 9.76. The molecule has 6 nitrogen and oxygen atoms in total. The molecular formula is C38H56FN5O. The van der Waals surface area contributed by atoms with Crippen molar-refractivity contribution in [1.82, 2.24) is 20.1 Å². The van der Waals surface area contributed by atoms with E-state index in [1.54, 1.807) is 6.92 Å². The van der Waals surface area contributed by atoms with Gasteiger partial charge >= 0.3 is 0 Å². The molecule has 0 spiro atoms. The number of halogens is 1. The number of aromatic nitrogens is 1. The maximum atomic E-state index is 14.5. The van der Waals surface area contributed by atoms with Crippen LogP contribution in [-0.2, 0) is 11.2 Å². The Morgan fingerprint density at radius 2 is 1.93 bits per heavy atom. The molecule has 0 amide bonds. The van der Waals surface area contributed by atoms with E-state index in [0.717, 1.165) is 58.4 Å². The first-order chi connectivity index (χ1) is 21.9. The highest BCUT2D eigenvalue weighted by Crippen LogP contribution is 2.39. The molecule has 2 aliphatic heterocycles. The maximum Gasteiger partial charge on any atom is 0.136 e. The summed E-state index contributed by atoms with van der Waals surface area (Å²) in [5, 5.41) is 3.98. The number of aryl methyl sites for hydroxylation is 1. The topological polar surface area (TPSA) is 74.5 Å². The predicted molar refractivity (Wildman–Crippen MR) is 180 cm³/mol. The lowest BCUT2D eigenvalue weighted by Crippen LogP contribution is -2.61. The summed E-state index contributed by atoms with van der Waals surface area (Å²) < 4.78 is 14.5. The van der Waals surface area contributed by atoms with Crippen LogP contribution in [0.4, 0.5) is 4.39 Å². The van der Waals surface area contributed by atoms with Crippen LogP contribution in [0.5, 0.6) is 0 Å². The molecule has 0 radical (unpaired) electrons. The zero-order valence-electron chi connectivity index (χ0n) is 27.5. The van der Waals surface area contributed by atoms with Crippen LogP contribution < -0.4 is 11.1 Å². The fraction of sp³-hybridized carbons (Fsp3) is 0.684. The molecule has 2 aromatic rings. The normalized spacial score (nSPS) is 30.7. The highest BCUT2D eigenvalue weighted by molar-refractivity contribution is 5.82. The molecule has 2 saturated heterocycles. The third-order valence-electron chi connectivity index (χ3n) is 11.6. The van der Waals surface area contributed by atoms with Crippen LogP contribution in [0.15, 0.2) is 48.7 Å². The van der Waals surface area contributed by atoms with Gasteiger partial charge < -0.3 is 11.1 Å². The average Bonchev–Trinajstić information content (AvgIpc) is 3.35. The smallest absolute Gasteiger partial charge is 0.136 e. The second kappa shape index (κ2) is 15.1. The Morgan fingerprint density at radius 1 is 1.11 bits per heavy atom. The second-order valence-electron chi connectivity index (χ2n) is 14.8. The molecule has 3 fully saturated rings. The Hall–Kier alpha value is -2.19. The molecule has 7 heteroatoms. The monoisotopic (exact) mass is 617 g/mol. The van der Waals surface area contributed by atoms with E-state index in [2.05, 4.69) is 57.6 Å². The number of piperazine rings is 1. The van der Waals surface area contributed by atoms with Crippen LogP contribution in [0.1, 0.15) is 113 Å². The molecule has 3 N–H and O–H groups in total. The van der Waals surface area contributed by atoms with E-state index in [1.165, 1.54) is 42.5 Å². The summed E-state index contributed by atoms with van der Waals surface area (Å²) in [6.45, 7) is 6.60. The van der Waals surface area contributed by atoms with Crippen molar-refractivity contribution in [3.8, 4) is 0 Å². The van der Waals surface area contributed by atoms with Gasteiger partial charge in [0.15, 0.2) is 0 Å². The van der Waals surface area contributed by atoms with Gasteiger partial charge in [-0.2, -0.15) is 0 Å². The van der Waals surface area contributed by atoms with Crippen molar-refractivity contribution in [2.75, 3.05) is 32.7 Å². The molecule has 3 heterocycles. The number of benzene rings is 1. The van der Waals surface area contributed by atoms with Crippen LogP contribution in [0.3, 0.4) is 0 Å². The van der Waals surface area contributed by atoms with E-state index in [4.69, 9.17) is 10.7 Å². The Balaban J connectivity index is 1.13. The maximum absolute atomic E-state index is 14.5. The summed E-state index contributed by atoms with van der Waals surface area (Å²) >= 11 is 0. The number of ketones is 1. The Bertz CT molecular complexity index is 1230. The molecule has 1 unspecified atom stereocenters. The van der Waals surface area contributed by atoms with Crippen LogP contribution in [0.25, 0.3) is 0 Å². The minimum absolute atomic E-state index is 0.0180. The number of Topliss-reactive ketones (excluding diaryl/α,β-unsaturated/α-hetero) is 1. The van der Waals surface area contributed by atoms with E-state index in [0.29, 0.717) is 62.1 Å². The van der Waals surface area contributed by atoms with Gasteiger partial charge in [0, 0.05) is 49.8 Å². The highest BCUT2D eigenvalue weighted by Gasteiger charge is 2.43. The third kappa shape index (κ3) is 8.04. The molecule has 2 aliphatic carbocycles. The van der Waals surface area contributed by atoms with Gasteiger partial charge in [-0.15, -0.1) is 0 Å². The van der Waals surface area contributed by atoms with Gasteiger partial charge in [-0.25, -0.2) is 4.39 Å². The molecule has 45 heavy (non-hydrogen) atoms. The van der Waals surface area contributed by atoms with Crippen LogP contribution in [-0.4, -0.2) is 77.1 Å². The molecule has 6 rings (SSSR count). The van der Waals surface area contributed by atoms with Crippen LogP contribution in [0.2, 0.25) is 0 Å². The zero-order valence-corrected chi connectivity index (χ0v) is 27.5. The molecular weight excluding hydrogens is 561 g/mol. The standard InChI is InChI=1S/C38H56FN5O/c1-38(39)19-16-29(17-20-38)36(45)25-31(28-9-3-2-4-10-28)18-24-44-32-14-15-34(44)33(42-26-32)27-43(23-6-5-21-40)35-13-7-11-30-12-8-22-41-37(30)35/h2-4,8-10,12,22,29,31-35,42H,5-7,11,13-21,23-27,40H2,1H3/t29?,31-,32+,33+,34-,35?,38?/m1/s1. The van der Waals surface area contributed by atoms with Crippen LogP contribution >= 0.6 is 0 Å². The van der Waals surface area contributed by atoms with Crippen molar-refractivity contribution in [2.45, 2.75) is 126 Å². The predicted octanol–water partition coefficient (Wildman–Crippen LogP) is 6.36. The quantitative estimate of drug-likeness (QED) is 0.241. The zero-order chi connectivity index (χ0) is 31.2. The first-order valence-corrected chi connectivity index (χ1v) is 18.1. The second-order valence-corrected chi connectivity index (χ2v) is 14.8. The van der Waals surface area contributed by atoms with Crippen LogP contribution in [0, 0.1) is 5.92 Å². The van der Waals surface area contributed by atoms with Gasteiger partial charge in [-0.05, 0) is 127 Å². The lowest BCUT2D eigenvalue weighted by Gasteiger charge is -2.45. The number of pyridine rings is 1. The van der Waals surface area contributed by atoms with E-state index in [1.807, 2.05) is 6.20 Å². The Morgan fingerprint density at radius 3 is 2.73 bits per heavy atom. The number of carbonyl (C=O) groups is 1. The van der Waals surface area contributed by atoms with Crippen molar-refractivity contribution in [3.05, 3.63) is 65.5 Å². The third-order valence-corrected chi connectivity index (χ3v) is 11.6. The van der Waals surface area contributed by atoms with Crippen molar-refractivity contribution >= 4 is 5.78 Å². The summed E-state index contributed by atoms with van der Waals surface area (Å²) in [6.07, 6.45) is 14.1. The first-order valence-electron chi connectivity index (χ1n) is 18.1. The minimum Gasteiger partial charge on any atom is -0.330 e. The summed E-state index contributed by atoms with van der Waals surface area (Å²) in [6, 6.07) is 16.9. The Kier molecular flexibility index (Phi) is 11.0. The summed E-state index contributed by atoms with van der Waals surface area (Å²) in [4.78, 5) is 24.0. The number of unbranched alkanes of at least 4 members (excludes halogenated alkanes) is 1. The fourth-order valence-electron chi connectivity index (χ4n) is 8.97. The van der Waals surface area contributed by atoms with Crippen molar-refractivity contribution in [1.29, 1.82) is 0 Å². The van der Waals surface area contributed by atoms with Crippen molar-refractivity contribution in [2.24, 2.45) is 11.7 Å². The van der Waals surface area contributed by atoms with Gasteiger partial charge in [-0.1, -0.05) is 36.4 Å². The number of hydrogen-bond acceptors (Lipinski definition) is 6. The number of rotatable bonds is 14. The number of carbonyl (C=O) groups excluding carboxylic acids is 1. The lowest BCUT2D eigenvalue weighted by molar-refractivity contribution is -0.125. The molecule has 2 bridgehead atoms. The Labute approximate surface area is 270 Å². The molecule has 246 valence electrons. The van der Waals surface area contributed by atoms with E-state index in [-0.39, 0.29) is 11.8 Å². The van der Waals surface area contributed by atoms with Gasteiger partial charge in [0.25, 0.3) is 0 Å². The van der Waals surface area contributed by atoms with E-state index in [9.17, 15) is 9.18 Å². The summed E-state index contributed by atoms with van der Waals surface area (Å²) in [7, 11) is 0. The van der Waals surface area contributed by atoms with Gasteiger partial charge in [0.05, 0.1) is 11.7 Å². The summed E-state index contributed by atoms with van der Waals surface area (Å²) in [5.41, 5.74) is 8.79. The number of fused-ring (bicyclic) bond motifs is 3. The molecule has 1 saturated carbocycles. The first kappa shape index (κ1) is 32.7. The highest BCUT2D eigenvalue weighted by atomic mass is 19.1. The average molecular weight is 618 g/mol. The molecule has 4 aliphatic rings. The van der Waals surface area contributed by atoms with Crippen molar-refractivity contribution < 1.29 is 9.18 Å². The minimum atomic E-state index is -1.11. The molecule has 5 atom stereocenters. The fourth-order valence-corrected chi connectivity index (χ4v) is 8.97. The molecule has 1 aromatic carbocycles. The number of nitrogens with zero attached hydrogens (tertiary/aromatic N) is 3. The van der Waals surface area contributed by atoms with Gasteiger partial charge in [-0.3, -0.25) is 19.6 Å². The number of hydrogen-bond donors (Lipinski definition) is 2. The van der Waals surface area contributed by atoms with E-state index < -0.39 is 5.67 Å². The molecule has 1 aromatic heterocycles. The van der Waals surface area contributed by atoms with Gasteiger partial charge in [0.2, 0.25) is 0 Å². The SMILES string of the molecule is CC1(F)CCC(C(=O)C[C@@H](CCN2[C@H]3CC[C@@H]2[C@H](CN(CCCCN)C2CCCc4cccnc42)NC3)c2ccccc2)CC1. The number of nitrogens with one attached hydrogen (secondary N) is 1. The number of nitrogens with two attached hydrogens (primary N) is 1. The van der Waals surface area contributed by atoms with E-state index >= 15 is 0 Å².